The molecule has 9 heteroatoms. The first kappa shape index (κ1) is 24.6. The van der Waals surface area contributed by atoms with Crippen molar-refractivity contribution in [3.63, 3.8) is 0 Å². The highest BCUT2D eigenvalue weighted by Gasteiger charge is 2.46. The van der Waals surface area contributed by atoms with Gasteiger partial charge in [-0.25, -0.2) is 0 Å². The van der Waals surface area contributed by atoms with E-state index in [2.05, 4.69) is 13.5 Å². The number of hydrogen-bond acceptors (Lipinski definition) is 9. The van der Waals surface area contributed by atoms with Crippen molar-refractivity contribution in [2.75, 3.05) is 13.2 Å². The lowest BCUT2D eigenvalue weighted by atomic mass is 9.96. The van der Waals surface area contributed by atoms with Gasteiger partial charge in [-0.05, 0) is 6.42 Å². The van der Waals surface area contributed by atoms with Crippen molar-refractivity contribution in [2.45, 2.75) is 94.8 Å². The van der Waals surface area contributed by atoms with Gasteiger partial charge in [-0.2, -0.15) is 0 Å². The molecule has 2 heterocycles. The van der Waals surface area contributed by atoms with Crippen molar-refractivity contribution >= 4 is 0 Å². The Kier molecular flexibility index (Phi) is 9.93. The van der Waals surface area contributed by atoms with Crippen LogP contribution in [0.15, 0.2) is 12.7 Å². The van der Waals surface area contributed by atoms with Gasteiger partial charge in [0.15, 0.2) is 12.6 Å². The molecular weight excluding hydrogens is 384 g/mol. The minimum Gasteiger partial charge on any atom is -0.390 e. The van der Waals surface area contributed by atoms with E-state index in [0.29, 0.717) is 6.42 Å². The molecule has 0 radical (unpaired) electrons. The van der Waals surface area contributed by atoms with Gasteiger partial charge in [0.1, 0.15) is 30.5 Å². The van der Waals surface area contributed by atoms with Crippen LogP contribution < -0.4 is 0 Å². The Morgan fingerprint density at radius 1 is 1.03 bits per heavy atom. The molecule has 0 aromatic rings. The van der Waals surface area contributed by atoms with Crippen LogP contribution in [0.3, 0.4) is 0 Å². The summed E-state index contributed by atoms with van der Waals surface area (Å²) in [4.78, 5) is 0. The number of ether oxygens (including phenoxy) is 4. The second-order valence-corrected chi connectivity index (χ2v) is 7.87. The van der Waals surface area contributed by atoms with Gasteiger partial charge in [0, 0.05) is 5.92 Å². The first-order valence-electron chi connectivity index (χ1n) is 10.4. The summed E-state index contributed by atoms with van der Waals surface area (Å²) in [5.41, 5.74) is 0. The highest BCUT2D eigenvalue weighted by atomic mass is 16.7. The first-order valence-corrected chi connectivity index (χ1v) is 10.4. The lowest BCUT2D eigenvalue weighted by Gasteiger charge is -2.42. The summed E-state index contributed by atoms with van der Waals surface area (Å²) in [6.45, 7) is 7.28. The van der Waals surface area contributed by atoms with Crippen LogP contribution in [0.5, 0.6) is 0 Å². The Labute approximate surface area is 171 Å². The van der Waals surface area contributed by atoms with E-state index in [-0.39, 0.29) is 19.3 Å². The third-order valence-electron chi connectivity index (χ3n) is 5.55. The standard InChI is InChI=1S/C20H36O9/c1-4-6-7-8-12(5-2)28-20-18(25)17(24)16(23)14(29-20)10-27-19-11(3)15(22)13(21)9-26-19/h5,11-25H,2,4,6-10H2,1,3H3/t11-,12+,13+,14-,15-,16-,17+,18-,19+,20-/m1/s1. The normalized spacial score (nSPS) is 41.8. The molecule has 0 spiro atoms. The molecule has 170 valence electrons. The zero-order valence-electron chi connectivity index (χ0n) is 17.2. The molecule has 9 nitrogen and oxygen atoms in total. The maximum absolute atomic E-state index is 10.3. The predicted molar refractivity (Wildman–Crippen MR) is 103 cm³/mol. The Balaban J connectivity index is 1.93. The number of aliphatic hydroxyl groups excluding tert-OH is 5. The van der Waals surface area contributed by atoms with Crippen LogP contribution in [-0.2, 0) is 18.9 Å². The van der Waals surface area contributed by atoms with Crippen LogP contribution in [0, 0.1) is 5.92 Å². The third kappa shape index (κ3) is 6.43. The SMILES string of the molecule is C=C[C@@H](CCCCC)O[C@@H]1O[C@H](CO[C@@H]2OC[C@H](O)[C@H](O)[C@H]2C)[C@@H](O)[C@H](O)[C@H]1O. The minimum atomic E-state index is -1.47. The van der Waals surface area contributed by atoms with Gasteiger partial charge in [-0.1, -0.05) is 39.2 Å². The summed E-state index contributed by atoms with van der Waals surface area (Å²) in [6, 6.07) is 0. The number of rotatable bonds is 10. The highest BCUT2D eigenvalue weighted by molar-refractivity contribution is 4.91. The number of unbranched alkanes of at least 4 members (excludes halogenated alkanes) is 2. The van der Waals surface area contributed by atoms with Gasteiger partial charge < -0.3 is 44.5 Å². The van der Waals surface area contributed by atoms with Crippen molar-refractivity contribution in [1.82, 2.24) is 0 Å². The van der Waals surface area contributed by atoms with Crippen molar-refractivity contribution in [2.24, 2.45) is 5.92 Å². The van der Waals surface area contributed by atoms with Crippen molar-refractivity contribution < 1.29 is 44.5 Å². The monoisotopic (exact) mass is 420 g/mol. The molecule has 0 unspecified atom stereocenters. The smallest absolute Gasteiger partial charge is 0.187 e. The van der Waals surface area contributed by atoms with E-state index in [1.54, 1.807) is 13.0 Å². The van der Waals surface area contributed by atoms with Crippen molar-refractivity contribution in [3.05, 3.63) is 12.7 Å². The average molecular weight is 420 g/mol. The summed E-state index contributed by atoms with van der Waals surface area (Å²) < 4.78 is 22.4. The fraction of sp³-hybridized carbons (Fsp3) is 0.900. The summed E-state index contributed by atoms with van der Waals surface area (Å²) in [5.74, 6) is -0.495. The van der Waals surface area contributed by atoms with E-state index < -0.39 is 55.1 Å². The van der Waals surface area contributed by atoms with E-state index in [9.17, 15) is 25.5 Å². The van der Waals surface area contributed by atoms with Crippen molar-refractivity contribution in [3.8, 4) is 0 Å². The lowest BCUT2D eigenvalue weighted by molar-refractivity contribution is -0.321. The second-order valence-electron chi connectivity index (χ2n) is 7.87. The Bertz CT molecular complexity index is 491. The second kappa shape index (κ2) is 11.7. The molecule has 2 rings (SSSR count). The fourth-order valence-corrected chi connectivity index (χ4v) is 3.52. The molecular formula is C20H36O9. The molecule has 10 atom stereocenters. The summed E-state index contributed by atoms with van der Waals surface area (Å²) in [6.07, 6.45) is -4.18. The molecule has 2 fully saturated rings. The van der Waals surface area contributed by atoms with E-state index in [4.69, 9.17) is 18.9 Å². The van der Waals surface area contributed by atoms with Gasteiger partial charge in [-0.3, -0.25) is 0 Å². The van der Waals surface area contributed by atoms with Gasteiger partial charge >= 0.3 is 0 Å². The van der Waals surface area contributed by atoms with Gasteiger partial charge in [-0.15, -0.1) is 6.58 Å². The van der Waals surface area contributed by atoms with E-state index in [1.807, 2.05) is 0 Å². The maximum atomic E-state index is 10.3. The Morgan fingerprint density at radius 3 is 2.41 bits per heavy atom. The Morgan fingerprint density at radius 2 is 1.76 bits per heavy atom. The van der Waals surface area contributed by atoms with Crippen LogP contribution in [-0.4, -0.2) is 94.1 Å². The van der Waals surface area contributed by atoms with E-state index >= 15 is 0 Å². The molecule has 2 aliphatic heterocycles. The summed E-state index contributed by atoms with van der Waals surface area (Å²) in [5, 5.41) is 50.3. The number of aliphatic hydroxyl groups is 5. The third-order valence-corrected chi connectivity index (χ3v) is 5.55. The molecule has 2 aliphatic rings. The molecule has 0 aromatic heterocycles. The summed E-state index contributed by atoms with van der Waals surface area (Å²) in [7, 11) is 0. The topological polar surface area (TPSA) is 138 Å². The first-order chi connectivity index (χ1) is 13.8. The average Bonchev–Trinajstić information content (AvgIpc) is 2.71. The van der Waals surface area contributed by atoms with Crippen molar-refractivity contribution in [1.29, 1.82) is 0 Å². The quantitative estimate of drug-likeness (QED) is 0.238. The Hall–Kier alpha value is -0.620. The molecule has 0 saturated carbocycles. The molecule has 0 aromatic carbocycles. The van der Waals surface area contributed by atoms with Crippen LogP contribution in [0.25, 0.3) is 0 Å². The van der Waals surface area contributed by atoms with Crippen LogP contribution in [0.1, 0.15) is 39.5 Å². The molecule has 5 N–H and O–H groups in total. The molecule has 0 amide bonds. The van der Waals surface area contributed by atoms with Gasteiger partial charge in [0.25, 0.3) is 0 Å². The highest BCUT2D eigenvalue weighted by Crippen LogP contribution is 2.27. The molecule has 0 bridgehead atoms. The zero-order chi connectivity index (χ0) is 21.6. The number of hydrogen-bond donors (Lipinski definition) is 5. The largest absolute Gasteiger partial charge is 0.390 e. The van der Waals surface area contributed by atoms with Crippen LogP contribution in [0.2, 0.25) is 0 Å². The van der Waals surface area contributed by atoms with E-state index in [1.165, 1.54) is 0 Å². The molecule has 0 aliphatic carbocycles. The van der Waals surface area contributed by atoms with Gasteiger partial charge in [0.05, 0.1) is 25.4 Å². The zero-order valence-corrected chi connectivity index (χ0v) is 17.2. The fourth-order valence-electron chi connectivity index (χ4n) is 3.52. The maximum Gasteiger partial charge on any atom is 0.187 e. The van der Waals surface area contributed by atoms with Gasteiger partial charge in [0.2, 0.25) is 0 Å². The lowest BCUT2D eigenvalue weighted by Crippen LogP contribution is -2.60. The van der Waals surface area contributed by atoms with Crippen LogP contribution in [0.4, 0.5) is 0 Å². The predicted octanol–water partition coefficient (Wildman–Crippen LogP) is -0.324. The molecule has 29 heavy (non-hydrogen) atoms. The molecule has 2 saturated heterocycles. The summed E-state index contributed by atoms with van der Waals surface area (Å²) >= 11 is 0. The minimum absolute atomic E-state index is 0.0733. The van der Waals surface area contributed by atoms with Crippen LogP contribution >= 0.6 is 0 Å². The van der Waals surface area contributed by atoms with E-state index in [0.717, 1.165) is 19.3 Å².